The lowest BCUT2D eigenvalue weighted by molar-refractivity contribution is 0.0940. The summed E-state index contributed by atoms with van der Waals surface area (Å²) >= 11 is 1.41. The third-order valence-electron chi connectivity index (χ3n) is 7.15. The van der Waals surface area contributed by atoms with E-state index >= 15 is 0 Å². The third kappa shape index (κ3) is 5.45. The Bertz CT molecular complexity index is 1440. The van der Waals surface area contributed by atoms with Crippen LogP contribution in [0.1, 0.15) is 70.3 Å². The van der Waals surface area contributed by atoms with Gasteiger partial charge in [0.1, 0.15) is 4.83 Å². The molecule has 5 rings (SSSR count). The standard InChI is InChI=1S/C29H32N4O3S/c1-29(2,3)20-9-10-22-18(13-20)12-19-15-25(37-28(19)33-22)27(35)32-23(16-30)17-6-4-7-21(14-17)31-26(34)24-8-5-11-36-24/h4-8,11-12,14-15,20,23H,9-10,13,16,30H2,1-3H3,(H,31,34)(H,32,35)/t20-,23-/m1/s1. The number of aromatic nitrogens is 1. The van der Waals surface area contributed by atoms with Crippen molar-refractivity contribution in [1.82, 2.24) is 10.3 Å². The number of nitrogens with zero attached hydrogens (tertiary/aromatic N) is 1. The van der Waals surface area contributed by atoms with Crippen molar-refractivity contribution in [3.05, 3.63) is 82.3 Å². The van der Waals surface area contributed by atoms with Gasteiger partial charge in [0.25, 0.3) is 11.8 Å². The highest BCUT2D eigenvalue weighted by atomic mass is 32.1. The highest BCUT2D eigenvalue weighted by Crippen LogP contribution is 2.38. The van der Waals surface area contributed by atoms with E-state index in [1.165, 1.54) is 23.2 Å². The van der Waals surface area contributed by atoms with Gasteiger partial charge in [-0.15, -0.1) is 11.3 Å². The van der Waals surface area contributed by atoms with Crippen molar-refractivity contribution >= 4 is 39.1 Å². The first-order valence-electron chi connectivity index (χ1n) is 12.6. The molecule has 3 heterocycles. The largest absolute Gasteiger partial charge is 0.459 e. The molecule has 192 valence electrons. The summed E-state index contributed by atoms with van der Waals surface area (Å²) in [6.45, 7) is 7.13. The molecule has 7 nitrogen and oxygen atoms in total. The molecular weight excluding hydrogens is 484 g/mol. The first kappa shape index (κ1) is 25.2. The lowest BCUT2D eigenvalue weighted by Crippen LogP contribution is -2.33. The van der Waals surface area contributed by atoms with E-state index in [-0.39, 0.29) is 29.5 Å². The number of nitrogens with two attached hydrogens (primary N) is 1. The molecule has 0 aliphatic heterocycles. The second-order valence-electron chi connectivity index (χ2n) is 10.7. The average Bonchev–Trinajstić information content (AvgIpc) is 3.55. The summed E-state index contributed by atoms with van der Waals surface area (Å²) in [5, 5.41) is 6.87. The Kier molecular flexibility index (Phi) is 6.88. The number of benzene rings is 1. The molecule has 0 fully saturated rings. The number of thiophene rings is 1. The number of nitrogens with one attached hydrogen (secondary N) is 2. The maximum absolute atomic E-state index is 13.2. The van der Waals surface area contributed by atoms with Gasteiger partial charge in [-0.2, -0.15) is 0 Å². The normalized spacial score (nSPS) is 16.3. The van der Waals surface area contributed by atoms with Crippen molar-refractivity contribution in [2.24, 2.45) is 17.1 Å². The van der Waals surface area contributed by atoms with Crippen molar-refractivity contribution in [2.75, 3.05) is 11.9 Å². The van der Waals surface area contributed by atoms with E-state index in [9.17, 15) is 9.59 Å². The van der Waals surface area contributed by atoms with Crippen LogP contribution in [-0.4, -0.2) is 23.3 Å². The highest BCUT2D eigenvalue weighted by molar-refractivity contribution is 7.20. The van der Waals surface area contributed by atoms with Crippen molar-refractivity contribution in [1.29, 1.82) is 0 Å². The Morgan fingerprint density at radius 3 is 2.73 bits per heavy atom. The number of aryl methyl sites for hydroxylation is 1. The van der Waals surface area contributed by atoms with Crippen LogP contribution in [0.2, 0.25) is 0 Å². The second kappa shape index (κ2) is 10.1. The van der Waals surface area contributed by atoms with E-state index in [1.54, 1.807) is 18.2 Å². The molecule has 4 aromatic rings. The van der Waals surface area contributed by atoms with Gasteiger partial charge in [-0.3, -0.25) is 9.59 Å². The summed E-state index contributed by atoms with van der Waals surface area (Å²) in [6, 6.07) is 14.3. The summed E-state index contributed by atoms with van der Waals surface area (Å²) in [6.07, 6.45) is 4.61. The van der Waals surface area contributed by atoms with Crippen LogP contribution >= 0.6 is 11.3 Å². The molecular formula is C29H32N4O3S. The van der Waals surface area contributed by atoms with Crippen LogP contribution in [0.3, 0.4) is 0 Å². The molecule has 0 saturated carbocycles. The smallest absolute Gasteiger partial charge is 0.291 e. The first-order chi connectivity index (χ1) is 17.7. The number of amides is 2. The maximum Gasteiger partial charge on any atom is 0.291 e. The fourth-order valence-electron chi connectivity index (χ4n) is 4.92. The van der Waals surface area contributed by atoms with Crippen molar-refractivity contribution in [3.8, 4) is 0 Å². The van der Waals surface area contributed by atoms with E-state index in [0.717, 1.165) is 40.7 Å². The zero-order valence-electron chi connectivity index (χ0n) is 21.3. The van der Waals surface area contributed by atoms with E-state index in [0.29, 0.717) is 16.5 Å². The summed E-state index contributed by atoms with van der Waals surface area (Å²) in [7, 11) is 0. The number of hydrogen-bond acceptors (Lipinski definition) is 6. The van der Waals surface area contributed by atoms with Gasteiger partial charge in [0.05, 0.1) is 17.2 Å². The first-order valence-corrected chi connectivity index (χ1v) is 13.4. The van der Waals surface area contributed by atoms with Gasteiger partial charge in [0.2, 0.25) is 0 Å². The van der Waals surface area contributed by atoms with Crippen molar-refractivity contribution < 1.29 is 14.0 Å². The maximum atomic E-state index is 13.2. The molecule has 1 aliphatic carbocycles. The molecule has 0 unspecified atom stereocenters. The van der Waals surface area contributed by atoms with Crippen molar-refractivity contribution in [3.63, 3.8) is 0 Å². The van der Waals surface area contributed by atoms with Crippen LogP contribution in [0, 0.1) is 11.3 Å². The van der Waals surface area contributed by atoms with Crippen LogP contribution in [0.5, 0.6) is 0 Å². The third-order valence-corrected chi connectivity index (χ3v) is 8.20. The number of hydrogen-bond donors (Lipinski definition) is 3. The van der Waals surface area contributed by atoms with Crippen LogP contribution in [0.15, 0.2) is 59.2 Å². The minimum absolute atomic E-state index is 0.186. The zero-order valence-corrected chi connectivity index (χ0v) is 22.2. The number of fused-ring (bicyclic) bond motifs is 2. The predicted octanol–water partition coefficient (Wildman–Crippen LogP) is 5.72. The number of rotatable bonds is 6. The number of pyridine rings is 1. The van der Waals surface area contributed by atoms with E-state index < -0.39 is 6.04 Å². The average molecular weight is 517 g/mol. The molecule has 37 heavy (non-hydrogen) atoms. The molecule has 2 atom stereocenters. The Morgan fingerprint density at radius 2 is 2.00 bits per heavy atom. The summed E-state index contributed by atoms with van der Waals surface area (Å²) in [5.41, 5.74) is 10.2. The number of furan rings is 1. The topological polar surface area (TPSA) is 110 Å². The molecule has 1 aliphatic rings. The van der Waals surface area contributed by atoms with Crippen LogP contribution in [0.4, 0.5) is 5.69 Å². The Labute approximate surface area is 220 Å². The zero-order chi connectivity index (χ0) is 26.2. The molecule has 1 aromatic carbocycles. The predicted molar refractivity (Wildman–Crippen MR) is 147 cm³/mol. The van der Waals surface area contributed by atoms with Gasteiger partial charge < -0.3 is 20.8 Å². The monoisotopic (exact) mass is 516 g/mol. The van der Waals surface area contributed by atoms with Gasteiger partial charge >= 0.3 is 0 Å². The molecule has 3 aromatic heterocycles. The Balaban J connectivity index is 1.31. The van der Waals surface area contributed by atoms with Crippen LogP contribution in [0.25, 0.3) is 10.2 Å². The fourth-order valence-corrected chi connectivity index (χ4v) is 5.85. The number of carbonyl (C=O) groups excluding carboxylic acids is 2. The summed E-state index contributed by atoms with van der Waals surface area (Å²) in [4.78, 5) is 32.0. The van der Waals surface area contributed by atoms with E-state index in [2.05, 4.69) is 37.5 Å². The molecule has 0 bridgehead atoms. The van der Waals surface area contributed by atoms with Gasteiger partial charge in [-0.25, -0.2) is 4.98 Å². The molecule has 4 N–H and O–H groups in total. The van der Waals surface area contributed by atoms with Gasteiger partial charge in [-0.05, 0) is 78.1 Å². The SMILES string of the molecule is CC(C)(C)[C@@H]1CCc2nc3sc(C(=O)N[C@H](CN)c4cccc(NC(=O)c5ccco5)c4)cc3cc2C1. The minimum Gasteiger partial charge on any atom is -0.459 e. The van der Waals surface area contributed by atoms with Crippen LogP contribution < -0.4 is 16.4 Å². The highest BCUT2D eigenvalue weighted by Gasteiger charge is 2.30. The fraction of sp³-hybridized carbons (Fsp3) is 0.345. The van der Waals surface area contributed by atoms with E-state index in [4.69, 9.17) is 15.1 Å². The molecule has 2 amide bonds. The minimum atomic E-state index is -0.410. The van der Waals surface area contributed by atoms with Crippen LogP contribution in [-0.2, 0) is 12.8 Å². The number of anilines is 1. The Morgan fingerprint density at radius 1 is 1.16 bits per heavy atom. The summed E-state index contributed by atoms with van der Waals surface area (Å²) in [5.74, 6) is 0.326. The lowest BCUT2D eigenvalue weighted by atomic mass is 9.71. The number of carbonyl (C=O) groups is 2. The van der Waals surface area contributed by atoms with Crippen molar-refractivity contribution in [2.45, 2.75) is 46.1 Å². The summed E-state index contributed by atoms with van der Waals surface area (Å²) < 4.78 is 5.15. The quantitative estimate of drug-likeness (QED) is 0.303. The molecule has 8 heteroatoms. The molecule has 0 radical (unpaired) electrons. The molecule has 0 saturated heterocycles. The molecule has 0 spiro atoms. The lowest BCUT2D eigenvalue weighted by Gasteiger charge is -2.34. The van der Waals surface area contributed by atoms with Gasteiger partial charge in [0.15, 0.2) is 5.76 Å². The Hall–Kier alpha value is -3.49. The second-order valence-corrected chi connectivity index (χ2v) is 11.8. The van der Waals surface area contributed by atoms with Gasteiger partial charge in [-0.1, -0.05) is 32.9 Å². The van der Waals surface area contributed by atoms with Gasteiger partial charge in [0, 0.05) is 23.3 Å². The van der Waals surface area contributed by atoms with E-state index in [1.807, 2.05) is 24.3 Å².